The van der Waals surface area contributed by atoms with Crippen LogP contribution in [0.15, 0.2) is 0 Å². The zero-order valence-corrected chi connectivity index (χ0v) is 19.5. The number of ether oxygens (including phenoxy) is 3. The number of carbonyl (C=O) groups excluding carboxylic acids is 2. The molecular formula is C24H46O5. The third kappa shape index (κ3) is 20.0. The summed E-state index contributed by atoms with van der Waals surface area (Å²) >= 11 is 0. The van der Waals surface area contributed by atoms with E-state index in [1.807, 2.05) is 13.8 Å². The second-order valence-corrected chi connectivity index (χ2v) is 8.17. The quantitative estimate of drug-likeness (QED) is 0.171. The van der Waals surface area contributed by atoms with E-state index in [9.17, 15) is 9.59 Å². The van der Waals surface area contributed by atoms with Crippen LogP contribution in [0.5, 0.6) is 0 Å². The molecule has 0 aliphatic rings. The predicted octanol–water partition coefficient (Wildman–Crippen LogP) is 6.37. The summed E-state index contributed by atoms with van der Waals surface area (Å²) in [7, 11) is 0. The molecule has 0 spiro atoms. The second kappa shape index (κ2) is 20.2. The summed E-state index contributed by atoms with van der Waals surface area (Å²) in [5, 5.41) is 0. The van der Waals surface area contributed by atoms with Crippen molar-refractivity contribution in [1.82, 2.24) is 0 Å². The molecule has 0 saturated carbocycles. The highest BCUT2D eigenvalue weighted by atomic mass is 16.6. The maximum atomic E-state index is 11.8. The normalized spacial score (nSPS) is 13.1. The van der Waals surface area contributed by atoms with Gasteiger partial charge in [-0.2, -0.15) is 0 Å². The van der Waals surface area contributed by atoms with E-state index in [1.165, 1.54) is 51.4 Å². The van der Waals surface area contributed by atoms with Gasteiger partial charge in [-0.1, -0.05) is 78.1 Å². The van der Waals surface area contributed by atoms with Crippen molar-refractivity contribution >= 4 is 11.9 Å². The fourth-order valence-electron chi connectivity index (χ4n) is 3.13. The summed E-state index contributed by atoms with van der Waals surface area (Å²) in [5.41, 5.74) is 0. The molecule has 0 aromatic rings. The maximum absolute atomic E-state index is 11.8. The largest absolute Gasteiger partial charge is 0.460 e. The molecule has 29 heavy (non-hydrogen) atoms. The maximum Gasteiger partial charge on any atom is 0.306 e. The molecule has 0 N–H and O–H groups in total. The van der Waals surface area contributed by atoms with Gasteiger partial charge in [-0.25, -0.2) is 0 Å². The van der Waals surface area contributed by atoms with Crippen LogP contribution in [-0.2, 0) is 23.8 Å². The van der Waals surface area contributed by atoms with Crippen LogP contribution in [0.1, 0.15) is 118 Å². The van der Waals surface area contributed by atoms with Crippen LogP contribution in [0.25, 0.3) is 0 Å². The molecule has 0 amide bonds. The Labute approximate surface area is 179 Å². The van der Waals surface area contributed by atoms with Gasteiger partial charge in [0, 0.05) is 12.8 Å². The van der Waals surface area contributed by atoms with Crippen molar-refractivity contribution in [2.24, 2.45) is 0 Å². The van der Waals surface area contributed by atoms with Crippen molar-refractivity contribution in [2.45, 2.75) is 130 Å². The van der Waals surface area contributed by atoms with Crippen molar-refractivity contribution in [3.63, 3.8) is 0 Å². The molecule has 0 radical (unpaired) electrons. The topological polar surface area (TPSA) is 61.8 Å². The molecule has 5 nitrogen and oxygen atoms in total. The number of unbranched alkanes of at least 4 members (excludes halogenated alkanes) is 10. The first-order valence-electron chi connectivity index (χ1n) is 12.0. The monoisotopic (exact) mass is 414 g/mol. The molecule has 0 heterocycles. The fourth-order valence-corrected chi connectivity index (χ4v) is 3.13. The molecule has 0 saturated heterocycles. The lowest BCUT2D eigenvalue weighted by atomic mass is 10.1. The molecule has 0 rings (SSSR count). The Morgan fingerprint density at radius 3 is 1.31 bits per heavy atom. The third-order valence-electron chi connectivity index (χ3n) is 4.84. The van der Waals surface area contributed by atoms with E-state index in [1.54, 1.807) is 0 Å². The van der Waals surface area contributed by atoms with E-state index in [0.717, 1.165) is 25.7 Å². The zero-order valence-electron chi connectivity index (χ0n) is 19.5. The number of esters is 2. The van der Waals surface area contributed by atoms with E-state index in [-0.39, 0.29) is 24.1 Å². The Balaban J connectivity index is 3.62. The lowest BCUT2D eigenvalue weighted by Gasteiger charge is -2.17. The van der Waals surface area contributed by atoms with Crippen LogP contribution in [-0.4, -0.2) is 37.4 Å². The van der Waals surface area contributed by atoms with Crippen LogP contribution in [0, 0.1) is 0 Å². The van der Waals surface area contributed by atoms with Crippen LogP contribution in [0.3, 0.4) is 0 Å². The molecule has 0 fully saturated rings. The summed E-state index contributed by atoms with van der Waals surface area (Å²) in [6, 6.07) is 0. The number of hydrogen-bond donors (Lipinski definition) is 0. The van der Waals surface area contributed by atoms with Crippen molar-refractivity contribution in [2.75, 3.05) is 13.2 Å². The smallest absolute Gasteiger partial charge is 0.306 e. The highest BCUT2D eigenvalue weighted by Crippen LogP contribution is 2.09. The Morgan fingerprint density at radius 1 is 0.586 bits per heavy atom. The molecule has 0 aromatic carbocycles. The number of hydrogen-bond acceptors (Lipinski definition) is 5. The second-order valence-electron chi connectivity index (χ2n) is 8.17. The minimum absolute atomic E-state index is 0.157. The van der Waals surface area contributed by atoms with E-state index >= 15 is 0 Å². The van der Waals surface area contributed by atoms with Gasteiger partial charge < -0.3 is 14.2 Å². The number of rotatable bonds is 20. The SMILES string of the molecule is CCCCCCCCC(=O)O[C@@H](C)COC[C@H](C)OC(=O)CCCCCCCC. The van der Waals surface area contributed by atoms with E-state index in [2.05, 4.69) is 13.8 Å². The summed E-state index contributed by atoms with van der Waals surface area (Å²) in [6.45, 7) is 8.69. The average Bonchev–Trinajstić information content (AvgIpc) is 2.67. The van der Waals surface area contributed by atoms with Gasteiger partial charge in [-0.05, 0) is 26.7 Å². The first kappa shape index (κ1) is 27.9. The van der Waals surface area contributed by atoms with E-state index in [4.69, 9.17) is 14.2 Å². The molecule has 5 heteroatoms. The minimum Gasteiger partial charge on any atom is -0.460 e. The van der Waals surface area contributed by atoms with Crippen LogP contribution >= 0.6 is 0 Å². The van der Waals surface area contributed by atoms with Crippen molar-refractivity contribution in [3.05, 3.63) is 0 Å². The van der Waals surface area contributed by atoms with Gasteiger partial charge in [0.2, 0.25) is 0 Å². The summed E-state index contributed by atoms with van der Waals surface area (Å²) < 4.78 is 16.3. The Morgan fingerprint density at radius 2 is 0.931 bits per heavy atom. The van der Waals surface area contributed by atoms with E-state index < -0.39 is 0 Å². The van der Waals surface area contributed by atoms with E-state index in [0.29, 0.717) is 26.1 Å². The molecule has 0 bridgehead atoms. The highest BCUT2D eigenvalue weighted by molar-refractivity contribution is 5.69. The Bertz CT molecular complexity index is 361. The minimum atomic E-state index is -0.284. The predicted molar refractivity (Wildman–Crippen MR) is 118 cm³/mol. The lowest BCUT2D eigenvalue weighted by molar-refractivity contribution is -0.154. The first-order valence-corrected chi connectivity index (χ1v) is 12.0. The summed E-state index contributed by atoms with van der Waals surface area (Å²) in [6.07, 6.45) is 14.2. The molecular weight excluding hydrogens is 368 g/mol. The van der Waals surface area contributed by atoms with Crippen molar-refractivity contribution in [1.29, 1.82) is 0 Å². The molecule has 0 aliphatic heterocycles. The summed E-state index contributed by atoms with van der Waals surface area (Å²) in [4.78, 5) is 23.6. The van der Waals surface area contributed by atoms with Crippen LogP contribution in [0.2, 0.25) is 0 Å². The Hall–Kier alpha value is -1.10. The van der Waals surface area contributed by atoms with Gasteiger partial charge in [-0.15, -0.1) is 0 Å². The van der Waals surface area contributed by atoms with Gasteiger partial charge in [-0.3, -0.25) is 9.59 Å². The fraction of sp³-hybridized carbons (Fsp3) is 0.917. The number of carbonyl (C=O) groups is 2. The van der Waals surface area contributed by atoms with Gasteiger partial charge in [0.15, 0.2) is 0 Å². The molecule has 0 unspecified atom stereocenters. The summed E-state index contributed by atoms with van der Waals surface area (Å²) in [5.74, 6) is -0.315. The zero-order chi connectivity index (χ0) is 21.7. The first-order chi connectivity index (χ1) is 14.0. The molecule has 172 valence electrons. The Kier molecular flexibility index (Phi) is 19.4. The van der Waals surface area contributed by atoms with Gasteiger partial charge >= 0.3 is 11.9 Å². The van der Waals surface area contributed by atoms with Crippen LogP contribution in [0.4, 0.5) is 0 Å². The lowest BCUT2D eigenvalue weighted by Crippen LogP contribution is -2.25. The van der Waals surface area contributed by atoms with Crippen molar-refractivity contribution in [3.8, 4) is 0 Å². The molecule has 0 aliphatic carbocycles. The van der Waals surface area contributed by atoms with Crippen molar-refractivity contribution < 1.29 is 23.8 Å². The average molecular weight is 415 g/mol. The van der Waals surface area contributed by atoms with Gasteiger partial charge in [0.25, 0.3) is 0 Å². The third-order valence-corrected chi connectivity index (χ3v) is 4.84. The molecule has 0 aromatic heterocycles. The van der Waals surface area contributed by atoms with Gasteiger partial charge in [0.05, 0.1) is 13.2 Å². The highest BCUT2D eigenvalue weighted by Gasteiger charge is 2.13. The van der Waals surface area contributed by atoms with Crippen LogP contribution < -0.4 is 0 Å². The van der Waals surface area contributed by atoms with Gasteiger partial charge in [0.1, 0.15) is 12.2 Å². The standard InChI is InChI=1S/C24H46O5/c1-5-7-9-11-13-15-17-23(25)28-21(3)19-27-20-22(4)29-24(26)18-16-14-12-10-8-6-2/h21-22H,5-20H2,1-4H3/t21-,22-/m0/s1. The molecule has 2 atom stereocenters.